The van der Waals surface area contributed by atoms with E-state index in [0.29, 0.717) is 28.1 Å². The van der Waals surface area contributed by atoms with Crippen LogP contribution in [-0.2, 0) is 13.5 Å². The van der Waals surface area contributed by atoms with Crippen molar-refractivity contribution in [2.45, 2.75) is 26.3 Å². The van der Waals surface area contributed by atoms with Gasteiger partial charge < -0.3 is 4.90 Å². The number of fused-ring (bicyclic) bond motifs is 1. The third kappa shape index (κ3) is 4.90. The van der Waals surface area contributed by atoms with Gasteiger partial charge in [0.25, 0.3) is 0 Å². The standard InChI is InChI=1S/C26H28ClN7O/c1-17(2)33-8-10-34(11-9-33)26-25(27)22(6-7-28-26)24(35)14-21-13-20-12-18(4-5-19(20)15-29-21)23-16-32(3)31-30-23/h4-7,12-13,15-17H,8-11,14H2,1-3H3. The third-order valence-electron chi connectivity index (χ3n) is 6.53. The van der Waals surface area contributed by atoms with Crippen LogP contribution in [0.15, 0.2) is 48.9 Å². The first-order chi connectivity index (χ1) is 16.9. The predicted molar refractivity (Wildman–Crippen MR) is 138 cm³/mol. The van der Waals surface area contributed by atoms with Gasteiger partial charge in [-0.3, -0.25) is 19.4 Å². The Morgan fingerprint density at radius 2 is 1.86 bits per heavy atom. The van der Waals surface area contributed by atoms with E-state index in [1.54, 1.807) is 23.1 Å². The van der Waals surface area contributed by atoms with Gasteiger partial charge in [-0.05, 0) is 37.4 Å². The van der Waals surface area contributed by atoms with Gasteiger partial charge in [0.05, 0.1) is 17.6 Å². The van der Waals surface area contributed by atoms with Gasteiger partial charge in [0, 0.05) is 73.9 Å². The number of aryl methyl sites for hydroxylation is 1. The topological polar surface area (TPSA) is 80.0 Å². The van der Waals surface area contributed by atoms with Crippen LogP contribution < -0.4 is 4.90 Å². The Morgan fingerprint density at radius 1 is 1.06 bits per heavy atom. The molecular formula is C26H28ClN7O. The van der Waals surface area contributed by atoms with Gasteiger partial charge in [-0.1, -0.05) is 28.9 Å². The molecule has 0 spiro atoms. The molecule has 0 radical (unpaired) electrons. The first-order valence-corrected chi connectivity index (χ1v) is 12.2. The van der Waals surface area contributed by atoms with Crippen molar-refractivity contribution in [3.05, 3.63) is 65.2 Å². The lowest BCUT2D eigenvalue weighted by molar-refractivity contribution is 0.0992. The molecule has 8 nitrogen and oxygen atoms in total. The van der Waals surface area contributed by atoms with Crippen LogP contribution in [0.2, 0.25) is 5.02 Å². The number of pyridine rings is 2. The Balaban J connectivity index is 1.35. The number of aromatic nitrogens is 5. The molecule has 0 unspecified atom stereocenters. The molecule has 0 amide bonds. The number of piperazine rings is 1. The molecule has 9 heteroatoms. The van der Waals surface area contributed by atoms with Gasteiger partial charge in [-0.25, -0.2) is 4.98 Å². The average molecular weight is 490 g/mol. The normalized spacial score (nSPS) is 14.7. The second-order valence-electron chi connectivity index (χ2n) is 9.23. The molecule has 0 aliphatic carbocycles. The largest absolute Gasteiger partial charge is 0.353 e. The van der Waals surface area contributed by atoms with E-state index in [-0.39, 0.29) is 12.2 Å². The van der Waals surface area contributed by atoms with Gasteiger partial charge in [-0.15, -0.1) is 5.10 Å². The second kappa shape index (κ2) is 9.71. The molecule has 1 aliphatic heterocycles. The minimum absolute atomic E-state index is 0.0728. The lowest BCUT2D eigenvalue weighted by Crippen LogP contribution is -2.49. The number of Topliss-reactive ketones (excluding diaryl/α,β-unsaturated/α-hetero) is 1. The van der Waals surface area contributed by atoms with Crippen molar-refractivity contribution < 1.29 is 4.79 Å². The number of carbonyl (C=O) groups is 1. The molecule has 3 aromatic heterocycles. The van der Waals surface area contributed by atoms with Gasteiger partial charge in [0.2, 0.25) is 0 Å². The van der Waals surface area contributed by atoms with Crippen LogP contribution in [-0.4, -0.2) is 67.9 Å². The number of rotatable bonds is 6. The first kappa shape index (κ1) is 23.4. The summed E-state index contributed by atoms with van der Waals surface area (Å²) in [5, 5.41) is 10.6. The molecule has 0 N–H and O–H groups in total. The van der Waals surface area contributed by atoms with Crippen LogP contribution in [0.25, 0.3) is 22.0 Å². The van der Waals surface area contributed by atoms with Gasteiger partial charge in [-0.2, -0.15) is 0 Å². The van der Waals surface area contributed by atoms with Crippen LogP contribution in [0, 0.1) is 0 Å². The van der Waals surface area contributed by atoms with E-state index in [1.165, 1.54) is 0 Å². The predicted octanol–water partition coefficient (Wildman–Crippen LogP) is 4.03. The SMILES string of the molecule is CC(C)N1CCN(c2nccc(C(=O)Cc3cc4cc(-c5cn(C)nn5)ccc4cn3)c2Cl)CC1. The van der Waals surface area contributed by atoms with E-state index in [0.717, 1.165) is 48.2 Å². The van der Waals surface area contributed by atoms with Gasteiger partial charge in [0.1, 0.15) is 11.5 Å². The number of anilines is 1. The monoisotopic (exact) mass is 489 g/mol. The van der Waals surface area contributed by atoms with Crippen LogP contribution in [0.1, 0.15) is 29.9 Å². The Hall–Kier alpha value is -3.36. The van der Waals surface area contributed by atoms with E-state index in [9.17, 15) is 4.79 Å². The number of halogens is 1. The van der Waals surface area contributed by atoms with Crippen molar-refractivity contribution >= 4 is 34.0 Å². The van der Waals surface area contributed by atoms with Crippen LogP contribution in [0.4, 0.5) is 5.82 Å². The van der Waals surface area contributed by atoms with E-state index in [2.05, 4.69) is 43.9 Å². The number of ketones is 1. The highest BCUT2D eigenvalue weighted by molar-refractivity contribution is 6.36. The maximum atomic E-state index is 13.2. The van der Waals surface area contributed by atoms with E-state index >= 15 is 0 Å². The first-order valence-electron chi connectivity index (χ1n) is 11.8. The minimum Gasteiger partial charge on any atom is -0.353 e. The molecule has 180 valence electrons. The second-order valence-corrected chi connectivity index (χ2v) is 9.61. The molecule has 0 bridgehead atoms. The lowest BCUT2D eigenvalue weighted by Gasteiger charge is -2.37. The Morgan fingerprint density at radius 3 is 2.57 bits per heavy atom. The number of carbonyl (C=O) groups excluding carboxylic acids is 1. The zero-order chi connectivity index (χ0) is 24.5. The van der Waals surface area contributed by atoms with Gasteiger partial charge in [0.15, 0.2) is 5.78 Å². The Labute approximate surface area is 209 Å². The zero-order valence-electron chi connectivity index (χ0n) is 20.1. The summed E-state index contributed by atoms with van der Waals surface area (Å²) in [4.78, 5) is 26.9. The maximum absolute atomic E-state index is 13.2. The molecular weight excluding hydrogens is 462 g/mol. The smallest absolute Gasteiger partial charge is 0.170 e. The molecule has 1 aliphatic rings. The summed E-state index contributed by atoms with van der Waals surface area (Å²) < 4.78 is 1.67. The highest BCUT2D eigenvalue weighted by Gasteiger charge is 2.24. The van der Waals surface area contributed by atoms with Crippen molar-refractivity contribution in [1.82, 2.24) is 29.9 Å². The molecule has 35 heavy (non-hydrogen) atoms. The number of hydrogen-bond acceptors (Lipinski definition) is 7. The summed E-state index contributed by atoms with van der Waals surface area (Å²) in [5.41, 5.74) is 2.94. The zero-order valence-corrected chi connectivity index (χ0v) is 20.9. The van der Waals surface area contributed by atoms with E-state index < -0.39 is 0 Å². The number of hydrogen-bond donors (Lipinski definition) is 0. The fourth-order valence-electron chi connectivity index (χ4n) is 4.50. The maximum Gasteiger partial charge on any atom is 0.170 e. The third-order valence-corrected chi connectivity index (χ3v) is 6.91. The highest BCUT2D eigenvalue weighted by Crippen LogP contribution is 2.29. The van der Waals surface area contributed by atoms with Crippen LogP contribution in [0.3, 0.4) is 0 Å². The molecule has 4 heterocycles. The number of nitrogens with zero attached hydrogens (tertiary/aromatic N) is 7. The molecule has 1 saturated heterocycles. The summed E-state index contributed by atoms with van der Waals surface area (Å²) in [6.07, 6.45) is 5.50. The van der Waals surface area contributed by atoms with E-state index in [1.807, 2.05) is 37.5 Å². The summed E-state index contributed by atoms with van der Waals surface area (Å²) in [7, 11) is 1.84. The summed E-state index contributed by atoms with van der Waals surface area (Å²) in [5.74, 6) is 0.609. The lowest BCUT2D eigenvalue weighted by atomic mass is 10.0. The van der Waals surface area contributed by atoms with Crippen molar-refractivity contribution in [2.24, 2.45) is 7.05 Å². The molecule has 0 atom stereocenters. The van der Waals surface area contributed by atoms with Gasteiger partial charge >= 0.3 is 0 Å². The highest BCUT2D eigenvalue weighted by atomic mass is 35.5. The molecule has 1 fully saturated rings. The molecule has 4 aromatic rings. The molecule has 0 saturated carbocycles. The fraction of sp³-hybridized carbons (Fsp3) is 0.346. The van der Waals surface area contributed by atoms with Crippen LogP contribution in [0.5, 0.6) is 0 Å². The van der Waals surface area contributed by atoms with Crippen molar-refractivity contribution in [1.29, 1.82) is 0 Å². The Bertz CT molecular complexity index is 1380. The van der Waals surface area contributed by atoms with Crippen molar-refractivity contribution in [2.75, 3.05) is 31.1 Å². The minimum atomic E-state index is -0.0728. The number of benzene rings is 1. The van der Waals surface area contributed by atoms with E-state index in [4.69, 9.17) is 11.6 Å². The summed E-state index contributed by atoms with van der Waals surface area (Å²) in [6, 6.07) is 10.2. The summed E-state index contributed by atoms with van der Waals surface area (Å²) >= 11 is 6.71. The fourth-order valence-corrected chi connectivity index (χ4v) is 4.84. The molecule has 1 aromatic carbocycles. The van der Waals surface area contributed by atoms with Crippen LogP contribution >= 0.6 is 11.6 Å². The Kier molecular flexibility index (Phi) is 6.49. The van der Waals surface area contributed by atoms with Crippen molar-refractivity contribution in [3.8, 4) is 11.3 Å². The molecule has 5 rings (SSSR count). The summed E-state index contributed by atoms with van der Waals surface area (Å²) in [6.45, 7) is 7.98. The quantitative estimate of drug-likeness (QED) is 0.378. The average Bonchev–Trinajstić information content (AvgIpc) is 3.30. The van der Waals surface area contributed by atoms with Crippen molar-refractivity contribution in [3.63, 3.8) is 0 Å².